The van der Waals surface area contributed by atoms with E-state index in [9.17, 15) is 9.59 Å². The Morgan fingerprint density at radius 1 is 1.07 bits per heavy atom. The monoisotopic (exact) mass is 366 g/mol. The first-order valence-electron chi connectivity index (χ1n) is 9.45. The quantitative estimate of drug-likeness (QED) is 0.767. The normalized spacial score (nSPS) is 14.3. The summed E-state index contributed by atoms with van der Waals surface area (Å²) >= 11 is 0. The van der Waals surface area contributed by atoms with Crippen LogP contribution in [0.25, 0.3) is 0 Å². The molecule has 1 aliphatic carbocycles. The molecule has 27 heavy (non-hydrogen) atoms. The minimum absolute atomic E-state index is 0.0498. The van der Waals surface area contributed by atoms with Gasteiger partial charge in [-0.2, -0.15) is 0 Å². The molecule has 0 aliphatic heterocycles. The number of amides is 2. The number of carbonyl (C=O) groups excluding carboxylic acids is 2. The minimum Gasteiger partial charge on any atom is -0.481 e. The average Bonchev–Trinajstić information content (AvgIpc) is 3.50. The van der Waals surface area contributed by atoms with Gasteiger partial charge in [-0.25, -0.2) is 0 Å². The lowest BCUT2D eigenvalue weighted by Gasteiger charge is -2.17. The zero-order valence-corrected chi connectivity index (χ0v) is 16.0. The third kappa shape index (κ3) is 4.88. The molecule has 0 bridgehead atoms. The zero-order chi connectivity index (χ0) is 19.4. The van der Waals surface area contributed by atoms with Crippen molar-refractivity contribution in [2.75, 3.05) is 10.6 Å². The molecule has 1 aliphatic rings. The Kier molecular flexibility index (Phi) is 5.79. The number of rotatable bonds is 7. The van der Waals surface area contributed by atoms with Crippen LogP contribution in [-0.2, 0) is 16.0 Å². The van der Waals surface area contributed by atoms with Crippen LogP contribution < -0.4 is 15.4 Å². The third-order valence-electron chi connectivity index (χ3n) is 4.81. The smallest absolute Gasteiger partial charge is 0.265 e. The fraction of sp³-hybridized carbons (Fsp3) is 0.364. The van der Waals surface area contributed by atoms with Gasteiger partial charge in [-0.3, -0.25) is 9.59 Å². The lowest BCUT2D eigenvalue weighted by atomic mass is 10.1. The van der Waals surface area contributed by atoms with Gasteiger partial charge in [0.05, 0.1) is 0 Å². The van der Waals surface area contributed by atoms with E-state index in [4.69, 9.17) is 4.74 Å². The van der Waals surface area contributed by atoms with Gasteiger partial charge in [0.25, 0.3) is 5.91 Å². The highest BCUT2D eigenvalue weighted by molar-refractivity contribution is 5.98. The summed E-state index contributed by atoms with van der Waals surface area (Å²) < 4.78 is 5.74. The lowest BCUT2D eigenvalue weighted by Crippen LogP contribution is -2.30. The van der Waals surface area contributed by atoms with E-state index in [1.54, 1.807) is 6.92 Å². The summed E-state index contributed by atoms with van der Waals surface area (Å²) in [6, 6.07) is 13.2. The predicted octanol–water partition coefficient (Wildman–Crippen LogP) is 4.31. The van der Waals surface area contributed by atoms with Crippen LogP contribution in [0.2, 0.25) is 0 Å². The van der Waals surface area contributed by atoms with Crippen LogP contribution in [0.1, 0.15) is 37.8 Å². The van der Waals surface area contributed by atoms with Crippen molar-refractivity contribution in [3.63, 3.8) is 0 Å². The van der Waals surface area contributed by atoms with E-state index in [1.807, 2.05) is 49.4 Å². The summed E-state index contributed by atoms with van der Waals surface area (Å²) in [7, 11) is 0. The van der Waals surface area contributed by atoms with Gasteiger partial charge < -0.3 is 15.4 Å². The van der Waals surface area contributed by atoms with Gasteiger partial charge in [0, 0.05) is 17.3 Å². The molecule has 2 aromatic rings. The molecule has 142 valence electrons. The second kappa shape index (κ2) is 8.25. The maximum atomic E-state index is 12.5. The van der Waals surface area contributed by atoms with Crippen molar-refractivity contribution in [2.45, 2.75) is 46.1 Å². The number of aryl methyl sites for hydroxylation is 1. The Hall–Kier alpha value is -2.82. The molecule has 1 unspecified atom stereocenters. The fourth-order valence-electron chi connectivity index (χ4n) is 2.78. The van der Waals surface area contributed by atoms with Gasteiger partial charge in [-0.1, -0.05) is 25.1 Å². The summed E-state index contributed by atoms with van der Waals surface area (Å²) in [5.74, 6) is 0.615. The van der Waals surface area contributed by atoms with Crippen LogP contribution >= 0.6 is 0 Å². The number of benzene rings is 2. The first-order valence-corrected chi connectivity index (χ1v) is 9.45. The van der Waals surface area contributed by atoms with E-state index in [1.165, 1.54) is 5.56 Å². The van der Waals surface area contributed by atoms with Crippen LogP contribution in [0, 0.1) is 12.8 Å². The molecule has 2 amide bonds. The topological polar surface area (TPSA) is 67.4 Å². The van der Waals surface area contributed by atoms with Gasteiger partial charge in [0.15, 0.2) is 6.10 Å². The molecular weight excluding hydrogens is 340 g/mol. The molecule has 5 heteroatoms. The molecule has 5 nitrogen and oxygen atoms in total. The van der Waals surface area contributed by atoms with Crippen LogP contribution in [0.15, 0.2) is 42.5 Å². The lowest BCUT2D eigenvalue weighted by molar-refractivity contribution is -0.122. The number of carbonyl (C=O) groups is 2. The maximum absolute atomic E-state index is 12.5. The van der Waals surface area contributed by atoms with Gasteiger partial charge >= 0.3 is 0 Å². The summed E-state index contributed by atoms with van der Waals surface area (Å²) in [6.07, 6.45) is 2.23. The molecule has 2 aromatic carbocycles. The van der Waals surface area contributed by atoms with Crippen molar-refractivity contribution in [1.29, 1.82) is 0 Å². The molecule has 0 saturated heterocycles. The third-order valence-corrected chi connectivity index (χ3v) is 4.81. The van der Waals surface area contributed by atoms with Crippen molar-refractivity contribution < 1.29 is 14.3 Å². The Balaban J connectivity index is 1.62. The number of ether oxygens (including phenoxy) is 1. The van der Waals surface area contributed by atoms with Gasteiger partial charge in [0.2, 0.25) is 5.91 Å². The van der Waals surface area contributed by atoms with Crippen molar-refractivity contribution in [3.8, 4) is 5.75 Å². The zero-order valence-electron chi connectivity index (χ0n) is 16.0. The molecule has 2 N–H and O–H groups in total. The van der Waals surface area contributed by atoms with Crippen LogP contribution in [0.4, 0.5) is 11.4 Å². The van der Waals surface area contributed by atoms with Gasteiger partial charge in [-0.05, 0) is 68.5 Å². The molecule has 0 aromatic heterocycles. The summed E-state index contributed by atoms with van der Waals surface area (Å²) in [6.45, 7) is 5.69. The minimum atomic E-state index is -0.637. The van der Waals surface area contributed by atoms with Crippen molar-refractivity contribution in [1.82, 2.24) is 0 Å². The van der Waals surface area contributed by atoms with Gasteiger partial charge in [0.1, 0.15) is 5.75 Å². The van der Waals surface area contributed by atoms with Crippen LogP contribution in [0.3, 0.4) is 0 Å². The van der Waals surface area contributed by atoms with E-state index < -0.39 is 6.10 Å². The second-order valence-electron chi connectivity index (χ2n) is 6.99. The Bertz CT molecular complexity index is 826. The second-order valence-corrected chi connectivity index (χ2v) is 6.99. The Labute approximate surface area is 160 Å². The highest BCUT2D eigenvalue weighted by atomic mass is 16.5. The predicted molar refractivity (Wildman–Crippen MR) is 107 cm³/mol. The number of nitrogens with one attached hydrogen (secondary N) is 2. The molecule has 3 rings (SSSR count). The summed E-state index contributed by atoms with van der Waals surface area (Å²) in [5, 5.41) is 5.84. The number of hydrogen-bond acceptors (Lipinski definition) is 3. The van der Waals surface area contributed by atoms with Crippen molar-refractivity contribution >= 4 is 23.2 Å². The number of anilines is 2. The van der Waals surface area contributed by atoms with E-state index in [0.29, 0.717) is 11.4 Å². The Morgan fingerprint density at radius 2 is 1.70 bits per heavy atom. The summed E-state index contributed by atoms with van der Waals surface area (Å²) in [5.41, 5.74) is 3.46. The molecule has 0 radical (unpaired) electrons. The van der Waals surface area contributed by atoms with Crippen LogP contribution in [-0.4, -0.2) is 17.9 Å². The van der Waals surface area contributed by atoms with E-state index in [0.717, 1.165) is 30.5 Å². The first kappa shape index (κ1) is 19.0. The van der Waals surface area contributed by atoms with E-state index in [2.05, 4.69) is 17.6 Å². The molecule has 0 spiro atoms. The van der Waals surface area contributed by atoms with Crippen LogP contribution in [0.5, 0.6) is 5.75 Å². The van der Waals surface area contributed by atoms with E-state index >= 15 is 0 Å². The Morgan fingerprint density at radius 3 is 2.30 bits per heavy atom. The average molecular weight is 366 g/mol. The van der Waals surface area contributed by atoms with Crippen molar-refractivity contribution in [3.05, 3.63) is 53.6 Å². The molecular formula is C22H26N2O3. The molecule has 1 fully saturated rings. The highest BCUT2D eigenvalue weighted by Gasteiger charge is 2.30. The SMILES string of the molecule is CCc1ccc(OC(C)C(=O)Nc2cccc(NC(=O)C3CC3)c2C)cc1. The first-order chi connectivity index (χ1) is 13.0. The molecule has 1 atom stereocenters. The summed E-state index contributed by atoms with van der Waals surface area (Å²) in [4.78, 5) is 24.5. The highest BCUT2D eigenvalue weighted by Crippen LogP contribution is 2.31. The largest absolute Gasteiger partial charge is 0.481 e. The maximum Gasteiger partial charge on any atom is 0.265 e. The fourth-order valence-corrected chi connectivity index (χ4v) is 2.78. The standard InChI is InChI=1S/C22H26N2O3/c1-4-16-8-12-18(13-9-16)27-15(3)21(25)23-19-6-5-7-20(14(19)2)24-22(26)17-10-11-17/h5-9,12-13,15,17H,4,10-11H2,1-3H3,(H,23,25)(H,24,26). The molecule has 0 heterocycles. The van der Waals surface area contributed by atoms with Gasteiger partial charge in [-0.15, -0.1) is 0 Å². The van der Waals surface area contributed by atoms with E-state index in [-0.39, 0.29) is 17.7 Å². The van der Waals surface area contributed by atoms with Crippen molar-refractivity contribution in [2.24, 2.45) is 5.92 Å². The number of hydrogen-bond donors (Lipinski definition) is 2. The molecule has 1 saturated carbocycles.